The van der Waals surface area contributed by atoms with Crippen LogP contribution in [0.25, 0.3) is 0 Å². The number of aryl methyl sites for hydroxylation is 1. The number of hydrogen-bond acceptors (Lipinski definition) is 8. The van der Waals surface area contributed by atoms with Gasteiger partial charge in [0, 0.05) is 22.9 Å². The summed E-state index contributed by atoms with van der Waals surface area (Å²) in [5, 5.41) is 24.9. The van der Waals surface area contributed by atoms with Gasteiger partial charge in [0.25, 0.3) is 0 Å². The predicted octanol–water partition coefficient (Wildman–Crippen LogP) is 1.72. The summed E-state index contributed by atoms with van der Waals surface area (Å²) in [6.07, 6.45) is -3.13. The minimum atomic E-state index is -4.66. The highest BCUT2D eigenvalue weighted by Gasteiger charge is 2.41. The number of nitrogens with one attached hydrogen (secondary N) is 2. The van der Waals surface area contributed by atoms with E-state index in [0.717, 1.165) is 6.07 Å². The van der Waals surface area contributed by atoms with Crippen LogP contribution in [0.1, 0.15) is 16.7 Å². The van der Waals surface area contributed by atoms with Crippen molar-refractivity contribution in [3.05, 3.63) is 35.0 Å². The molecule has 3 N–H and O–H groups in total. The maximum atomic E-state index is 13.5. The standard InChI is InChI=1S/C18H17BF3N5O3/c1-9-5-24-17(27-16(9)26-14-8-29-6-11(14)4-23)25-12-2-10-7-30-19(28)15(10)13(3-12)18(20,21)22/h2-3,5,11,14,28H,6-8H2,1H3,(H2,24,25,26,27)/t11?,14-/m0/s1. The molecule has 0 spiro atoms. The molecule has 0 saturated carbocycles. The van der Waals surface area contributed by atoms with Gasteiger partial charge in [0.05, 0.1) is 43.4 Å². The lowest BCUT2D eigenvalue weighted by molar-refractivity contribution is -0.136. The number of benzene rings is 1. The van der Waals surface area contributed by atoms with Crippen LogP contribution in [0.15, 0.2) is 18.3 Å². The number of fused-ring (bicyclic) bond motifs is 1. The number of aromatic nitrogens is 2. The van der Waals surface area contributed by atoms with Crippen LogP contribution >= 0.6 is 0 Å². The number of alkyl halides is 3. The number of nitrogens with zero attached hydrogens (tertiary/aromatic N) is 3. The van der Waals surface area contributed by atoms with Gasteiger partial charge in [0.2, 0.25) is 5.95 Å². The fourth-order valence-electron chi connectivity index (χ4n) is 3.46. The predicted molar refractivity (Wildman–Crippen MR) is 101 cm³/mol. The molecule has 1 fully saturated rings. The summed E-state index contributed by atoms with van der Waals surface area (Å²) >= 11 is 0. The van der Waals surface area contributed by atoms with Crippen LogP contribution in [-0.4, -0.2) is 41.4 Å². The molecule has 30 heavy (non-hydrogen) atoms. The molecule has 0 radical (unpaired) electrons. The summed E-state index contributed by atoms with van der Waals surface area (Å²) < 4.78 is 50.7. The van der Waals surface area contributed by atoms with Crippen molar-refractivity contribution < 1.29 is 27.6 Å². The van der Waals surface area contributed by atoms with E-state index < -0.39 is 18.9 Å². The van der Waals surface area contributed by atoms with E-state index in [1.807, 2.05) is 0 Å². The van der Waals surface area contributed by atoms with Crippen molar-refractivity contribution in [2.45, 2.75) is 25.7 Å². The second-order valence-corrected chi connectivity index (χ2v) is 7.13. The minimum absolute atomic E-state index is 0.0862. The first-order valence-electron chi connectivity index (χ1n) is 9.14. The number of hydrogen-bond donors (Lipinski definition) is 3. The molecule has 4 rings (SSSR count). The van der Waals surface area contributed by atoms with Crippen molar-refractivity contribution in [3.63, 3.8) is 0 Å². The summed E-state index contributed by atoms with van der Waals surface area (Å²) in [4.78, 5) is 8.47. The van der Waals surface area contributed by atoms with Crippen molar-refractivity contribution in [1.82, 2.24) is 9.97 Å². The summed E-state index contributed by atoms with van der Waals surface area (Å²) in [7, 11) is -1.61. The van der Waals surface area contributed by atoms with E-state index in [-0.39, 0.29) is 41.2 Å². The van der Waals surface area contributed by atoms with Gasteiger partial charge in [-0.2, -0.15) is 23.4 Å². The maximum absolute atomic E-state index is 13.5. The lowest BCUT2D eigenvalue weighted by Gasteiger charge is -2.18. The van der Waals surface area contributed by atoms with E-state index in [4.69, 9.17) is 9.39 Å². The van der Waals surface area contributed by atoms with Gasteiger partial charge in [-0.25, -0.2) is 4.98 Å². The number of ether oxygens (including phenoxy) is 1. The molecule has 2 aromatic rings. The lowest BCUT2D eigenvalue weighted by Crippen LogP contribution is -2.34. The molecule has 8 nitrogen and oxygen atoms in total. The zero-order valence-electron chi connectivity index (χ0n) is 15.8. The van der Waals surface area contributed by atoms with E-state index in [2.05, 4.69) is 26.7 Å². The van der Waals surface area contributed by atoms with Crippen LogP contribution in [-0.2, 0) is 22.2 Å². The highest BCUT2D eigenvalue weighted by Crippen LogP contribution is 2.33. The molecule has 0 bridgehead atoms. The molecule has 0 aliphatic carbocycles. The fraction of sp³-hybridized carbons (Fsp3) is 0.389. The Morgan fingerprint density at radius 3 is 2.87 bits per heavy atom. The third kappa shape index (κ3) is 3.91. The quantitative estimate of drug-likeness (QED) is 0.643. The Balaban J connectivity index is 1.62. The second-order valence-electron chi connectivity index (χ2n) is 7.13. The van der Waals surface area contributed by atoms with Gasteiger partial charge in [-0.15, -0.1) is 0 Å². The van der Waals surface area contributed by atoms with Gasteiger partial charge in [-0.3, -0.25) is 0 Å². The van der Waals surface area contributed by atoms with Gasteiger partial charge < -0.3 is 25.0 Å². The first-order chi connectivity index (χ1) is 14.3. The number of rotatable bonds is 4. The monoisotopic (exact) mass is 419 g/mol. The second kappa shape index (κ2) is 7.75. The molecule has 1 unspecified atom stereocenters. The van der Waals surface area contributed by atoms with Crippen LogP contribution in [0, 0.1) is 24.2 Å². The Morgan fingerprint density at radius 2 is 2.13 bits per heavy atom. The molecule has 12 heteroatoms. The third-order valence-corrected chi connectivity index (χ3v) is 5.01. The van der Waals surface area contributed by atoms with E-state index >= 15 is 0 Å². The van der Waals surface area contributed by atoms with E-state index in [0.29, 0.717) is 24.6 Å². The van der Waals surface area contributed by atoms with Crippen molar-refractivity contribution in [2.75, 3.05) is 23.8 Å². The highest BCUT2D eigenvalue weighted by molar-refractivity contribution is 6.62. The molecular formula is C18H17BF3N5O3. The molecule has 2 aliphatic heterocycles. The van der Waals surface area contributed by atoms with Crippen LogP contribution < -0.4 is 16.1 Å². The van der Waals surface area contributed by atoms with Crippen LogP contribution in [0.5, 0.6) is 0 Å². The minimum Gasteiger partial charge on any atom is -0.423 e. The zero-order valence-corrected chi connectivity index (χ0v) is 15.8. The molecule has 2 aliphatic rings. The van der Waals surface area contributed by atoms with Gasteiger partial charge >= 0.3 is 13.3 Å². The SMILES string of the molecule is Cc1cnc(Nc2cc3c(c(C(F)(F)F)c2)B(O)OC3)nc1N[C@H]1COCC1C#N. The highest BCUT2D eigenvalue weighted by atomic mass is 19.4. The van der Waals surface area contributed by atoms with Crippen molar-refractivity contribution in [1.29, 1.82) is 5.26 Å². The Bertz CT molecular complexity index is 1010. The van der Waals surface area contributed by atoms with E-state index in [1.165, 1.54) is 12.3 Å². The third-order valence-electron chi connectivity index (χ3n) is 5.01. The van der Waals surface area contributed by atoms with Crippen molar-refractivity contribution in [3.8, 4) is 6.07 Å². The Kier molecular flexibility index (Phi) is 5.27. The first kappa shape index (κ1) is 20.4. The zero-order chi connectivity index (χ0) is 21.5. The van der Waals surface area contributed by atoms with Crippen LogP contribution in [0.3, 0.4) is 0 Å². The summed E-state index contributed by atoms with van der Waals surface area (Å²) in [5.41, 5.74) is -0.175. The largest absolute Gasteiger partial charge is 0.492 e. The Labute approximate surface area is 170 Å². The van der Waals surface area contributed by atoms with Crippen LogP contribution in [0.4, 0.5) is 30.6 Å². The lowest BCUT2D eigenvalue weighted by atomic mass is 9.75. The van der Waals surface area contributed by atoms with Crippen molar-refractivity contribution >= 4 is 30.0 Å². The first-order valence-corrected chi connectivity index (χ1v) is 9.14. The maximum Gasteiger partial charge on any atom is 0.492 e. The molecule has 1 aromatic heterocycles. The topological polar surface area (TPSA) is 112 Å². The molecule has 0 amide bonds. The summed E-state index contributed by atoms with van der Waals surface area (Å²) in [6.45, 7) is 2.33. The number of halogens is 3. The smallest absolute Gasteiger partial charge is 0.423 e. The summed E-state index contributed by atoms with van der Waals surface area (Å²) in [5.74, 6) is 0.218. The van der Waals surface area contributed by atoms with Crippen LogP contribution in [0.2, 0.25) is 0 Å². The van der Waals surface area contributed by atoms with Gasteiger partial charge in [0.1, 0.15) is 5.82 Å². The van der Waals surface area contributed by atoms with Gasteiger partial charge in [0.15, 0.2) is 0 Å². The normalized spacial score (nSPS) is 20.7. The van der Waals surface area contributed by atoms with E-state index in [1.54, 1.807) is 6.92 Å². The van der Waals surface area contributed by atoms with E-state index in [9.17, 15) is 23.5 Å². The summed E-state index contributed by atoms with van der Waals surface area (Å²) in [6, 6.07) is 4.29. The van der Waals surface area contributed by atoms with Gasteiger partial charge in [-0.05, 0) is 24.6 Å². The molecule has 1 saturated heterocycles. The number of anilines is 3. The molecule has 2 atom stereocenters. The molecule has 156 valence electrons. The Morgan fingerprint density at radius 1 is 1.33 bits per heavy atom. The molecule has 1 aromatic carbocycles. The van der Waals surface area contributed by atoms with Gasteiger partial charge in [-0.1, -0.05) is 0 Å². The fourth-order valence-corrected chi connectivity index (χ4v) is 3.46. The van der Waals surface area contributed by atoms with Crippen molar-refractivity contribution in [2.24, 2.45) is 5.92 Å². The molecule has 3 heterocycles. The number of nitriles is 1. The average molecular weight is 419 g/mol. The Hall–Kier alpha value is -2.88. The molecular weight excluding hydrogens is 402 g/mol. The average Bonchev–Trinajstić information content (AvgIpc) is 3.29.